The monoisotopic (exact) mass is 411 g/mol. The Morgan fingerprint density at radius 2 is 1.69 bits per heavy atom. The van der Waals surface area contributed by atoms with E-state index >= 15 is 0 Å². The summed E-state index contributed by atoms with van der Waals surface area (Å²) in [5.74, 6) is -1.15. The molecule has 29 heavy (non-hydrogen) atoms. The van der Waals surface area contributed by atoms with Crippen LogP contribution in [-0.2, 0) is 11.2 Å². The first-order valence-corrected chi connectivity index (χ1v) is 9.30. The van der Waals surface area contributed by atoms with Gasteiger partial charge in [0.15, 0.2) is 0 Å². The number of amides is 2. The highest BCUT2D eigenvalue weighted by molar-refractivity contribution is 6.31. The van der Waals surface area contributed by atoms with Crippen LogP contribution in [-0.4, -0.2) is 11.8 Å². The molecule has 148 valence electrons. The molecule has 0 aliphatic rings. The van der Waals surface area contributed by atoms with Gasteiger partial charge in [-0.15, -0.1) is 0 Å². The minimum absolute atomic E-state index is 0.0807. The van der Waals surface area contributed by atoms with Crippen molar-refractivity contribution in [2.24, 2.45) is 0 Å². The molecule has 3 aromatic carbocycles. The number of anilines is 3. The van der Waals surface area contributed by atoms with E-state index in [-0.39, 0.29) is 17.4 Å². The van der Waals surface area contributed by atoms with Crippen molar-refractivity contribution in [1.82, 2.24) is 0 Å². The zero-order chi connectivity index (χ0) is 20.8. The van der Waals surface area contributed by atoms with Crippen molar-refractivity contribution in [3.8, 4) is 0 Å². The van der Waals surface area contributed by atoms with Crippen LogP contribution in [0.3, 0.4) is 0 Å². The number of nitrogens with one attached hydrogen (secondary N) is 2. The Labute approximate surface area is 172 Å². The van der Waals surface area contributed by atoms with Crippen molar-refractivity contribution < 1.29 is 14.0 Å². The molecule has 0 spiro atoms. The van der Waals surface area contributed by atoms with Gasteiger partial charge in [0.1, 0.15) is 5.82 Å². The molecule has 0 heterocycles. The third-order valence-corrected chi connectivity index (χ3v) is 4.55. The molecule has 0 unspecified atom stereocenters. The van der Waals surface area contributed by atoms with Crippen molar-refractivity contribution in [3.63, 3.8) is 0 Å². The van der Waals surface area contributed by atoms with E-state index < -0.39 is 11.7 Å². The second kappa shape index (κ2) is 9.21. The Bertz CT molecular complexity index is 1060. The third kappa shape index (κ3) is 5.56. The molecule has 5 nitrogen and oxygen atoms in total. The van der Waals surface area contributed by atoms with E-state index in [4.69, 9.17) is 17.3 Å². The highest BCUT2D eigenvalue weighted by Gasteiger charge is 2.10. The number of rotatable bonds is 6. The molecular formula is C22H19ClFN3O2. The van der Waals surface area contributed by atoms with Gasteiger partial charge in [0.2, 0.25) is 5.91 Å². The van der Waals surface area contributed by atoms with Crippen LogP contribution in [0.5, 0.6) is 0 Å². The van der Waals surface area contributed by atoms with Crippen molar-refractivity contribution in [2.45, 2.75) is 12.8 Å². The summed E-state index contributed by atoms with van der Waals surface area (Å²) in [5, 5.41) is 5.34. The first kappa shape index (κ1) is 20.4. The number of aryl methyl sites for hydroxylation is 1. The Kier molecular flexibility index (Phi) is 6.46. The molecule has 7 heteroatoms. The lowest BCUT2D eigenvalue weighted by molar-refractivity contribution is -0.116. The van der Waals surface area contributed by atoms with Gasteiger partial charge in [-0.25, -0.2) is 4.39 Å². The van der Waals surface area contributed by atoms with Gasteiger partial charge in [-0.05, 0) is 54.4 Å². The third-order valence-electron chi connectivity index (χ3n) is 4.26. The first-order chi connectivity index (χ1) is 13.9. The van der Waals surface area contributed by atoms with Crippen LogP contribution < -0.4 is 16.4 Å². The standard InChI is InChI=1S/C22H19ClFN3O2/c23-18-13-17(9-10-19(18)24)27-22(29)15-5-3-6-16(12-15)26-21(28)11-8-14-4-1-2-7-20(14)25/h1-7,9-10,12-13H,8,11,25H2,(H,26,28)(H,27,29). The maximum atomic E-state index is 13.2. The number of para-hydroxylation sites is 1. The fraction of sp³-hybridized carbons (Fsp3) is 0.0909. The number of carbonyl (C=O) groups excluding carboxylic acids is 2. The summed E-state index contributed by atoms with van der Waals surface area (Å²) in [6.07, 6.45) is 0.780. The maximum absolute atomic E-state index is 13.2. The Balaban J connectivity index is 1.61. The quantitative estimate of drug-likeness (QED) is 0.505. The van der Waals surface area contributed by atoms with Gasteiger partial charge < -0.3 is 16.4 Å². The lowest BCUT2D eigenvalue weighted by Crippen LogP contribution is -2.15. The molecule has 4 N–H and O–H groups in total. The number of nitrogens with two attached hydrogens (primary N) is 1. The average Bonchev–Trinajstić information content (AvgIpc) is 2.70. The summed E-state index contributed by atoms with van der Waals surface area (Å²) in [4.78, 5) is 24.7. The summed E-state index contributed by atoms with van der Waals surface area (Å²) in [7, 11) is 0. The number of hydrogen-bond donors (Lipinski definition) is 3. The fourth-order valence-electron chi connectivity index (χ4n) is 2.75. The predicted octanol–water partition coefficient (Wildman–Crippen LogP) is 4.88. The summed E-state index contributed by atoms with van der Waals surface area (Å²) in [6, 6.07) is 17.9. The second-order valence-electron chi connectivity index (χ2n) is 6.41. The number of benzene rings is 3. The van der Waals surface area contributed by atoms with E-state index in [1.54, 1.807) is 30.3 Å². The molecule has 0 fully saturated rings. The van der Waals surface area contributed by atoms with Crippen molar-refractivity contribution in [2.75, 3.05) is 16.4 Å². The van der Waals surface area contributed by atoms with Crippen LogP contribution in [0.2, 0.25) is 5.02 Å². The molecule has 0 atom stereocenters. The fourth-order valence-corrected chi connectivity index (χ4v) is 2.93. The van der Waals surface area contributed by atoms with Gasteiger partial charge in [0, 0.05) is 29.0 Å². The predicted molar refractivity (Wildman–Crippen MR) is 114 cm³/mol. The maximum Gasteiger partial charge on any atom is 0.255 e. The van der Waals surface area contributed by atoms with Crippen molar-refractivity contribution in [1.29, 1.82) is 0 Å². The van der Waals surface area contributed by atoms with Crippen LogP contribution in [0.4, 0.5) is 21.5 Å². The van der Waals surface area contributed by atoms with E-state index in [1.807, 2.05) is 18.2 Å². The SMILES string of the molecule is Nc1ccccc1CCC(=O)Nc1cccc(C(=O)Nc2ccc(F)c(Cl)c2)c1. The van der Waals surface area contributed by atoms with Gasteiger partial charge in [-0.1, -0.05) is 35.9 Å². The Hall–Kier alpha value is -3.38. The highest BCUT2D eigenvalue weighted by Crippen LogP contribution is 2.20. The molecule has 0 aliphatic carbocycles. The zero-order valence-corrected chi connectivity index (χ0v) is 16.2. The van der Waals surface area contributed by atoms with E-state index in [0.29, 0.717) is 29.0 Å². The molecule has 3 aromatic rings. The molecule has 0 aliphatic heterocycles. The summed E-state index contributed by atoms with van der Waals surface area (Å²) in [5.41, 5.74) is 8.67. The first-order valence-electron chi connectivity index (χ1n) is 8.92. The molecule has 0 radical (unpaired) electrons. The van der Waals surface area contributed by atoms with E-state index in [0.717, 1.165) is 5.56 Å². The van der Waals surface area contributed by atoms with Gasteiger partial charge in [-0.3, -0.25) is 9.59 Å². The zero-order valence-electron chi connectivity index (χ0n) is 15.4. The minimum Gasteiger partial charge on any atom is -0.399 e. The minimum atomic E-state index is -0.563. The molecule has 0 saturated heterocycles. The van der Waals surface area contributed by atoms with Crippen LogP contribution in [0, 0.1) is 5.82 Å². The summed E-state index contributed by atoms with van der Waals surface area (Å²) < 4.78 is 13.2. The molecule has 2 amide bonds. The van der Waals surface area contributed by atoms with Crippen molar-refractivity contribution in [3.05, 3.63) is 88.7 Å². The van der Waals surface area contributed by atoms with Gasteiger partial charge in [0.25, 0.3) is 5.91 Å². The topological polar surface area (TPSA) is 84.2 Å². The van der Waals surface area contributed by atoms with Gasteiger partial charge >= 0.3 is 0 Å². The van der Waals surface area contributed by atoms with E-state index in [9.17, 15) is 14.0 Å². The van der Waals surface area contributed by atoms with Gasteiger partial charge in [-0.2, -0.15) is 0 Å². The Morgan fingerprint density at radius 1 is 0.931 bits per heavy atom. The Morgan fingerprint density at radius 3 is 2.45 bits per heavy atom. The number of nitrogen functional groups attached to an aromatic ring is 1. The van der Waals surface area contributed by atoms with Gasteiger partial charge in [0.05, 0.1) is 5.02 Å². The van der Waals surface area contributed by atoms with Crippen molar-refractivity contribution >= 4 is 40.5 Å². The number of carbonyl (C=O) groups is 2. The number of hydrogen-bond acceptors (Lipinski definition) is 3. The highest BCUT2D eigenvalue weighted by atomic mass is 35.5. The average molecular weight is 412 g/mol. The summed E-state index contributed by atoms with van der Waals surface area (Å²) in [6.45, 7) is 0. The molecule has 0 saturated carbocycles. The van der Waals surface area contributed by atoms with E-state index in [1.165, 1.54) is 18.2 Å². The smallest absolute Gasteiger partial charge is 0.255 e. The van der Waals surface area contributed by atoms with E-state index in [2.05, 4.69) is 10.6 Å². The van der Waals surface area contributed by atoms with Crippen LogP contribution in [0.15, 0.2) is 66.7 Å². The molecule has 3 rings (SSSR count). The largest absolute Gasteiger partial charge is 0.399 e. The molecule has 0 bridgehead atoms. The lowest BCUT2D eigenvalue weighted by atomic mass is 10.1. The van der Waals surface area contributed by atoms with Crippen LogP contribution >= 0.6 is 11.6 Å². The van der Waals surface area contributed by atoms with Crippen LogP contribution in [0.1, 0.15) is 22.3 Å². The molecule has 0 aromatic heterocycles. The number of halogens is 2. The normalized spacial score (nSPS) is 10.4. The summed E-state index contributed by atoms with van der Waals surface area (Å²) >= 11 is 5.73. The van der Waals surface area contributed by atoms with Crippen LogP contribution in [0.25, 0.3) is 0 Å². The molecular weight excluding hydrogens is 393 g/mol. The second-order valence-corrected chi connectivity index (χ2v) is 6.82. The lowest BCUT2D eigenvalue weighted by Gasteiger charge is -2.09.